The number of aryl methyl sites for hydroxylation is 2. The van der Waals surface area contributed by atoms with Gasteiger partial charge in [0.25, 0.3) is 11.8 Å². The van der Waals surface area contributed by atoms with Gasteiger partial charge in [-0.1, -0.05) is 60.1 Å². The topological polar surface area (TPSA) is 49.4 Å². The predicted octanol–water partition coefficient (Wildman–Crippen LogP) is 4.89. The highest BCUT2D eigenvalue weighted by Crippen LogP contribution is 2.34. The second kappa shape index (κ2) is 6.56. The molecule has 27 heavy (non-hydrogen) atoms. The molecule has 1 N–H and O–H groups in total. The minimum atomic E-state index is -0.522. The number of anilines is 2. The second-order valence-corrected chi connectivity index (χ2v) is 6.95. The summed E-state index contributed by atoms with van der Waals surface area (Å²) in [6, 6.07) is 19.0. The Morgan fingerprint density at radius 3 is 2.44 bits per heavy atom. The van der Waals surface area contributed by atoms with Crippen molar-refractivity contribution in [2.45, 2.75) is 13.8 Å². The van der Waals surface area contributed by atoms with Gasteiger partial charge < -0.3 is 5.32 Å². The molecular weight excluding hydrogens is 360 g/mol. The van der Waals surface area contributed by atoms with Crippen molar-refractivity contribution in [1.82, 2.24) is 0 Å². The fraction of sp³-hybridized carbons (Fsp3) is 0.0909. The number of nitrogens with zero attached hydrogens (tertiary/aromatic N) is 1. The smallest absolute Gasteiger partial charge is 0.283 e. The molecule has 4 nitrogen and oxygen atoms in total. The van der Waals surface area contributed by atoms with Gasteiger partial charge in [-0.25, -0.2) is 4.90 Å². The van der Waals surface area contributed by atoms with E-state index in [0.717, 1.165) is 32.5 Å². The third kappa shape index (κ3) is 2.88. The van der Waals surface area contributed by atoms with Crippen LogP contribution in [0, 0.1) is 13.8 Å². The molecule has 0 saturated carbocycles. The number of benzene rings is 3. The molecule has 2 amide bonds. The fourth-order valence-corrected chi connectivity index (χ4v) is 3.45. The number of carbonyl (C=O) groups is 2. The van der Waals surface area contributed by atoms with Gasteiger partial charge in [-0.2, -0.15) is 0 Å². The average molecular weight is 377 g/mol. The van der Waals surface area contributed by atoms with Crippen LogP contribution in [0.4, 0.5) is 11.4 Å². The first kappa shape index (κ1) is 17.3. The van der Waals surface area contributed by atoms with Gasteiger partial charge in [0, 0.05) is 11.1 Å². The number of halogens is 1. The molecule has 0 unspecified atom stereocenters. The molecule has 1 aliphatic heterocycles. The summed E-state index contributed by atoms with van der Waals surface area (Å²) in [4.78, 5) is 27.0. The van der Waals surface area contributed by atoms with Crippen LogP contribution in [0.5, 0.6) is 0 Å². The molecule has 1 aliphatic rings. The van der Waals surface area contributed by atoms with E-state index < -0.39 is 11.8 Å². The molecule has 0 radical (unpaired) electrons. The number of hydrogen-bond donors (Lipinski definition) is 1. The largest absolute Gasteiger partial charge is 0.349 e. The Kier molecular flexibility index (Phi) is 4.21. The first-order chi connectivity index (χ1) is 13.0. The Morgan fingerprint density at radius 1 is 0.889 bits per heavy atom. The summed E-state index contributed by atoms with van der Waals surface area (Å²) in [5.41, 5.74) is 3.38. The zero-order valence-electron chi connectivity index (χ0n) is 14.9. The van der Waals surface area contributed by atoms with Crippen LogP contribution in [-0.2, 0) is 9.59 Å². The van der Waals surface area contributed by atoms with Crippen molar-refractivity contribution in [1.29, 1.82) is 0 Å². The lowest BCUT2D eigenvalue weighted by Gasteiger charge is -2.17. The number of hydrogen-bond acceptors (Lipinski definition) is 3. The monoisotopic (exact) mass is 376 g/mol. The molecule has 0 aromatic heterocycles. The van der Waals surface area contributed by atoms with Gasteiger partial charge in [-0.05, 0) is 42.5 Å². The van der Waals surface area contributed by atoms with Crippen LogP contribution < -0.4 is 10.2 Å². The predicted molar refractivity (Wildman–Crippen MR) is 109 cm³/mol. The molecule has 5 heteroatoms. The second-order valence-electron chi connectivity index (χ2n) is 6.58. The van der Waals surface area contributed by atoms with Crippen molar-refractivity contribution in [3.05, 3.63) is 82.5 Å². The number of rotatable bonds is 3. The Morgan fingerprint density at radius 2 is 1.63 bits per heavy atom. The number of fused-ring (bicyclic) bond motifs is 1. The summed E-state index contributed by atoms with van der Waals surface area (Å²) in [5.74, 6) is -0.979. The number of carbonyl (C=O) groups excluding carboxylic acids is 2. The summed E-state index contributed by atoms with van der Waals surface area (Å²) in [6.07, 6.45) is 0. The molecule has 0 spiro atoms. The molecule has 0 atom stereocenters. The van der Waals surface area contributed by atoms with E-state index in [2.05, 4.69) is 5.32 Å². The highest BCUT2D eigenvalue weighted by molar-refractivity contribution is 6.53. The Hall–Kier alpha value is -3.11. The van der Waals surface area contributed by atoms with Crippen LogP contribution >= 0.6 is 11.6 Å². The van der Waals surface area contributed by atoms with E-state index in [0.29, 0.717) is 5.69 Å². The van der Waals surface area contributed by atoms with Crippen molar-refractivity contribution in [2.75, 3.05) is 10.2 Å². The average Bonchev–Trinajstić information content (AvgIpc) is 2.87. The van der Waals surface area contributed by atoms with Gasteiger partial charge in [0.05, 0.1) is 5.69 Å². The summed E-state index contributed by atoms with van der Waals surface area (Å²) in [7, 11) is 0. The molecule has 3 aromatic carbocycles. The van der Waals surface area contributed by atoms with E-state index in [9.17, 15) is 9.59 Å². The van der Waals surface area contributed by atoms with E-state index in [-0.39, 0.29) is 10.7 Å². The SMILES string of the molecule is Cc1ccc(C)c(NC2=C(Cl)C(=O)N(c3cccc4ccccc34)C2=O)c1. The third-order valence-corrected chi connectivity index (χ3v) is 5.04. The quantitative estimate of drug-likeness (QED) is 0.662. The van der Waals surface area contributed by atoms with Crippen molar-refractivity contribution < 1.29 is 9.59 Å². The molecule has 0 aliphatic carbocycles. The Balaban J connectivity index is 1.76. The minimum Gasteiger partial charge on any atom is -0.349 e. The summed E-state index contributed by atoms with van der Waals surface area (Å²) in [5, 5.41) is 4.73. The van der Waals surface area contributed by atoms with Crippen LogP contribution in [-0.4, -0.2) is 11.8 Å². The van der Waals surface area contributed by atoms with E-state index >= 15 is 0 Å². The van der Waals surface area contributed by atoms with Crippen LogP contribution in [0.25, 0.3) is 10.8 Å². The maximum absolute atomic E-state index is 13.1. The van der Waals surface area contributed by atoms with Crippen LogP contribution in [0.1, 0.15) is 11.1 Å². The van der Waals surface area contributed by atoms with Crippen LogP contribution in [0.15, 0.2) is 71.4 Å². The fourth-order valence-electron chi connectivity index (χ4n) is 3.24. The molecule has 0 fully saturated rings. The normalized spacial score (nSPS) is 14.4. The van der Waals surface area contributed by atoms with E-state index in [1.165, 1.54) is 0 Å². The van der Waals surface area contributed by atoms with Crippen molar-refractivity contribution in [2.24, 2.45) is 0 Å². The maximum atomic E-state index is 13.1. The van der Waals surface area contributed by atoms with Gasteiger partial charge in [0.2, 0.25) is 0 Å². The van der Waals surface area contributed by atoms with Crippen molar-refractivity contribution >= 4 is 45.6 Å². The Labute approximate surface area is 162 Å². The lowest BCUT2D eigenvalue weighted by Crippen LogP contribution is -2.32. The van der Waals surface area contributed by atoms with E-state index in [4.69, 9.17) is 11.6 Å². The lowest BCUT2D eigenvalue weighted by atomic mass is 10.1. The van der Waals surface area contributed by atoms with Gasteiger partial charge in [0.1, 0.15) is 10.7 Å². The summed E-state index contributed by atoms with van der Waals surface area (Å²) < 4.78 is 0. The molecule has 4 rings (SSSR count). The van der Waals surface area contributed by atoms with Gasteiger partial charge in [-0.15, -0.1) is 0 Å². The first-order valence-corrected chi connectivity index (χ1v) is 8.96. The van der Waals surface area contributed by atoms with Gasteiger partial charge >= 0.3 is 0 Å². The van der Waals surface area contributed by atoms with E-state index in [1.54, 1.807) is 6.07 Å². The maximum Gasteiger partial charge on any atom is 0.283 e. The molecule has 134 valence electrons. The Bertz CT molecular complexity index is 1130. The number of nitrogens with one attached hydrogen (secondary N) is 1. The van der Waals surface area contributed by atoms with Crippen LogP contribution in [0.3, 0.4) is 0 Å². The molecular formula is C22H17ClN2O2. The van der Waals surface area contributed by atoms with Gasteiger partial charge in [0.15, 0.2) is 0 Å². The first-order valence-electron chi connectivity index (χ1n) is 8.58. The van der Waals surface area contributed by atoms with Crippen molar-refractivity contribution in [3.8, 4) is 0 Å². The minimum absolute atomic E-state index is 0.100. The molecule has 0 bridgehead atoms. The standard InChI is InChI=1S/C22H17ClN2O2/c1-13-10-11-14(2)17(12-13)24-20-19(23)21(26)25(22(20)27)18-9-5-7-15-6-3-4-8-16(15)18/h3-12,24H,1-2H3. The molecule has 1 heterocycles. The highest BCUT2D eigenvalue weighted by Gasteiger charge is 2.39. The zero-order valence-corrected chi connectivity index (χ0v) is 15.7. The van der Waals surface area contributed by atoms with Crippen molar-refractivity contribution in [3.63, 3.8) is 0 Å². The summed E-state index contributed by atoms with van der Waals surface area (Å²) in [6.45, 7) is 3.89. The van der Waals surface area contributed by atoms with Gasteiger partial charge in [-0.3, -0.25) is 9.59 Å². The summed E-state index contributed by atoms with van der Waals surface area (Å²) >= 11 is 6.27. The molecule has 3 aromatic rings. The third-order valence-electron chi connectivity index (χ3n) is 4.69. The zero-order chi connectivity index (χ0) is 19.1. The lowest BCUT2D eigenvalue weighted by molar-refractivity contribution is -0.120. The van der Waals surface area contributed by atoms with Crippen LogP contribution in [0.2, 0.25) is 0 Å². The number of imide groups is 1. The number of amides is 2. The highest BCUT2D eigenvalue weighted by atomic mass is 35.5. The molecule has 0 saturated heterocycles. The van der Waals surface area contributed by atoms with E-state index in [1.807, 2.05) is 68.4 Å².